The van der Waals surface area contributed by atoms with E-state index in [0.29, 0.717) is 33.7 Å². The molecule has 3 aromatic rings. The molecule has 3 rings (SSSR count). The van der Waals surface area contributed by atoms with E-state index in [4.69, 9.17) is 20.8 Å². The van der Waals surface area contributed by atoms with Crippen LogP contribution < -0.4 is 15.4 Å². The number of furan rings is 1. The molecule has 0 bridgehead atoms. The van der Waals surface area contributed by atoms with Crippen LogP contribution in [0.1, 0.15) is 25.2 Å². The monoisotopic (exact) mass is 452 g/mol. The summed E-state index contributed by atoms with van der Waals surface area (Å²) in [5, 5.41) is 6.23. The maximum Gasteiger partial charge on any atom is 0.248 e. The normalized spacial score (nSPS) is 11.1. The van der Waals surface area contributed by atoms with E-state index in [9.17, 15) is 9.59 Å². The Morgan fingerprint density at radius 3 is 2.53 bits per heavy atom. The molecule has 0 aliphatic carbocycles. The highest BCUT2D eigenvalue weighted by Crippen LogP contribution is 2.29. The van der Waals surface area contributed by atoms with Crippen LogP contribution in [-0.2, 0) is 9.59 Å². The Kier molecular flexibility index (Phi) is 7.38. The first-order valence-electron chi connectivity index (χ1n) is 10.1. The summed E-state index contributed by atoms with van der Waals surface area (Å²) in [6.45, 7) is 5.55. The summed E-state index contributed by atoms with van der Waals surface area (Å²) in [5.41, 5.74) is 2.93. The van der Waals surface area contributed by atoms with Gasteiger partial charge in [-0.25, -0.2) is 0 Å². The molecule has 2 amide bonds. The number of carbonyl (C=O) groups excluding carboxylic acids is 2. The second-order valence-electron chi connectivity index (χ2n) is 7.55. The first-order chi connectivity index (χ1) is 15.3. The van der Waals surface area contributed by atoms with Gasteiger partial charge in [0.05, 0.1) is 12.8 Å². The van der Waals surface area contributed by atoms with Gasteiger partial charge in [-0.05, 0) is 48.9 Å². The van der Waals surface area contributed by atoms with E-state index in [1.165, 1.54) is 13.2 Å². The molecule has 0 atom stereocenters. The third-order valence-corrected chi connectivity index (χ3v) is 5.14. The maximum absolute atomic E-state index is 12.3. The zero-order chi connectivity index (χ0) is 23.3. The predicted octanol–water partition coefficient (Wildman–Crippen LogP) is 6.16. The second-order valence-corrected chi connectivity index (χ2v) is 7.95. The average Bonchev–Trinajstić information content (AvgIpc) is 3.24. The van der Waals surface area contributed by atoms with E-state index in [2.05, 4.69) is 10.6 Å². The average molecular weight is 453 g/mol. The quantitative estimate of drug-likeness (QED) is 0.420. The zero-order valence-electron chi connectivity index (χ0n) is 18.4. The molecule has 32 heavy (non-hydrogen) atoms. The maximum atomic E-state index is 12.3. The van der Waals surface area contributed by atoms with Crippen molar-refractivity contribution in [3.8, 4) is 17.1 Å². The van der Waals surface area contributed by atoms with Crippen LogP contribution in [0.3, 0.4) is 0 Å². The minimum Gasteiger partial charge on any atom is -0.494 e. The smallest absolute Gasteiger partial charge is 0.248 e. The summed E-state index contributed by atoms with van der Waals surface area (Å²) in [6.07, 6.45) is 2.97. The zero-order valence-corrected chi connectivity index (χ0v) is 19.1. The van der Waals surface area contributed by atoms with E-state index in [-0.39, 0.29) is 17.7 Å². The van der Waals surface area contributed by atoms with Crippen LogP contribution in [0.5, 0.6) is 5.75 Å². The standard InChI is InChI=1S/C25H25ClN2O4/c1-15(2)25(30)28-21-10-7-18(14-23(21)31-4)27-24(29)12-9-19-8-11-22(32-19)17-6-5-16(3)20(26)13-17/h5-15H,1-4H3,(H,27,29)(H,28,30)/b12-9+. The van der Waals surface area contributed by atoms with E-state index in [1.807, 2.05) is 31.2 Å². The number of rotatable bonds is 7. The van der Waals surface area contributed by atoms with Crippen molar-refractivity contribution in [3.05, 3.63) is 71.0 Å². The van der Waals surface area contributed by atoms with E-state index in [1.54, 1.807) is 44.2 Å². The number of aryl methyl sites for hydroxylation is 1. The molecule has 1 aromatic heterocycles. The molecule has 6 nitrogen and oxygen atoms in total. The number of amides is 2. The van der Waals surface area contributed by atoms with E-state index >= 15 is 0 Å². The Bertz CT molecular complexity index is 1160. The molecule has 0 saturated carbocycles. The molecule has 2 N–H and O–H groups in total. The number of methoxy groups -OCH3 is 1. The van der Waals surface area contributed by atoms with Gasteiger partial charge in [-0.3, -0.25) is 9.59 Å². The van der Waals surface area contributed by atoms with Crippen molar-refractivity contribution in [1.82, 2.24) is 0 Å². The van der Waals surface area contributed by atoms with Crippen molar-refractivity contribution in [2.75, 3.05) is 17.7 Å². The summed E-state index contributed by atoms with van der Waals surface area (Å²) in [4.78, 5) is 24.3. The van der Waals surface area contributed by atoms with Crippen LogP contribution in [0.2, 0.25) is 5.02 Å². The molecule has 166 valence electrons. The Hall–Kier alpha value is -3.51. The van der Waals surface area contributed by atoms with Gasteiger partial charge in [-0.2, -0.15) is 0 Å². The van der Waals surface area contributed by atoms with Gasteiger partial charge < -0.3 is 19.8 Å². The Balaban J connectivity index is 1.66. The summed E-state index contributed by atoms with van der Waals surface area (Å²) < 4.78 is 11.1. The number of hydrogen-bond acceptors (Lipinski definition) is 4. The molecule has 0 radical (unpaired) electrons. The van der Waals surface area contributed by atoms with Crippen LogP contribution in [0, 0.1) is 12.8 Å². The SMILES string of the molecule is COc1cc(NC(=O)/C=C/c2ccc(-c3ccc(C)c(Cl)c3)o2)ccc1NC(=O)C(C)C. The Labute approximate surface area is 192 Å². The van der Waals surface area contributed by atoms with Crippen molar-refractivity contribution in [2.24, 2.45) is 5.92 Å². The molecule has 2 aromatic carbocycles. The van der Waals surface area contributed by atoms with Gasteiger partial charge in [-0.15, -0.1) is 0 Å². The number of ether oxygens (including phenoxy) is 1. The number of nitrogens with one attached hydrogen (secondary N) is 2. The van der Waals surface area contributed by atoms with E-state index in [0.717, 1.165) is 11.1 Å². The molecule has 0 aliphatic heterocycles. The first kappa shape index (κ1) is 23.2. The van der Waals surface area contributed by atoms with E-state index < -0.39 is 0 Å². The fourth-order valence-corrected chi connectivity index (χ4v) is 3.02. The van der Waals surface area contributed by atoms with Crippen molar-refractivity contribution >= 4 is 40.9 Å². The number of benzene rings is 2. The highest BCUT2D eigenvalue weighted by molar-refractivity contribution is 6.31. The highest BCUT2D eigenvalue weighted by Gasteiger charge is 2.12. The lowest BCUT2D eigenvalue weighted by molar-refractivity contribution is -0.119. The number of anilines is 2. The third-order valence-electron chi connectivity index (χ3n) is 4.73. The largest absolute Gasteiger partial charge is 0.494 e. The minimum absolute atomic E-state index is 0.117. The molecule has 0 fully saturated rings. The molecular formula is C25H25ClN2O4. The van der Waals surface area contributed by atoms with Crippen LogP contribution >= 0.6 is 11.6 Å². The highest BCUT2D eigenvalue weighted by atomic mass is 35.5. The molecular weight excluding hydrogens is 428 g/mol. The summed E-state index contributed by atoms with van der Waals surface area (Å²) in [5.74, 6) is 1.05. The fourth-order valence-electron chi connectivity index (χ4n) is 2.83. The lowest BCUT2D eigenvalue weighted by Crippen LogP contribution is -2.18. The Morgan fingerprint density at radius 1 is 1.06 bits per heavy atom. The fraction of sp³-hybridized carbons (Fsp3) is 0.200. The molecule has 7 heteroatoms. The van der Waals surface area contributed by atoms with Gasteiger partial charge in [0.25, 0.3) is 0 Å². The Morgan fingerprint density at radius 2 is 1.84 bits per heavy atom. The van der Waals surface area contributed by atoms with Crippen molar-refractivity contribution < 1.29 is 18.7 Å². The second kappa shape index (κ2) is 10.2. The van der Waals surface area contributed by atoms with Crippen LogP contribution in [0.15, 0.2) is 59.0 Å². The van der Waals surface area contributed by atoms with Gasteiger partial charge in [-0.1, -0.05) is 37.6 Å². The van der Waals surface area contributed by atoms with Crippen molar-refractivity contribution in [1.29, 1.82) is 0 Å². The molecule has 1 heterocycles. The number of hydrogen-bond donors (Lipinski definition) is 2. The molecule has 0 unspecified atom stereocenters. The third kappa shape index (κ3) is 5.80. The molecule has 0 aliphatic rings. The minimum atomic E-state index is -0.331. The van der Waals surface area contributed by atoms with Gasteiger partial charge in [0, 0.05) is 34.3 Å². The van der Waals surface area contributed by atoms with Gasteiger partial charge in [0.15, 0.2) is 0 Å². The summed E-state index contributed by atoms with van der Waals surface area (Å²) in [6, 6.07) is 14.3. The molecule has 0 spiro atoms. The van der Waals surface area contributed by atoms with Crippen LogP contribution in [0.25, 0.3) is 17.4 Å². The van der Waals surface area contributed by atoms with Crippen LogP contribution in [0.4, 0.5) is 11.4 Å². The topological polar surface area (TPSA) is 80.6 Å². The molecule has 0 saturated heterocycles. The summed E-state index contributed by atoms with van der Waals surface area (Å²) in [7, 11) is 1.50. The van der Waals surface area contributed by atoms with Crippen molar-refractivity contribution in [2.45, 2.75) is 20.8 Å². The van der Waals surface area contributed by atoms with Crippen LogP contribution in [-0.4, -0.2) is 18.9 Å². The van der Waals surface area contributed by atoms with Gasteiger partial charge >= 0.3 is 0 Å². The lowest BCUT2D eigenvalue weighted by Gasteiger charge is -2.13. The number of halogens is 1. The van der Waals surface area contributed by atoms with Crippen molar-refractivity contribution in [3.63, 3.8) is 0 Å². The lowest BCUT2D eigenvalue weighted by atomic mass is 10.1. The first-order valence-corrected chi connectivity index (χ1v) is 10.5. The van der Waals surface area contributed by atoms with Gasteiger partial charge in [0.2, 0.25) is 11.8 Å². The number of carbonyl (C=O) groups is 2. The predicted molar refractivity (Wildman–Crippen MR) is 128 cm³/mol. The van der Waals surface area contributed by atoms with Gasteiger partial charge in [0.1, 0.15) is 17.3 Å². The summed E-state index contributed by atoms with van der Waals surface area (Å²) >= 11 is 6.18.